The summed E-state index contributed by atoms with van der Waals surface area (Å²) in [4.78, 5) is 31.3. The van der Waals surface area contributed by atoms with Crippen LogP contribution in [0.3, 0.4) is 0 Å². The van der Waals surface area contributed by atoms with Crippen molar-refractivity contribution in [1.82, 2.24) is 15.0 Å². The number of hydrogen-bond donors (Lipinski definition) is 1. The summed E-state index contributed by atoms with van der Waals surface area (Å²) in [6, 6.07) is 14.2. The Hall–Kier alpha value is -3.23. The van der Waals surface area contributed by atoms with Gasteiger partial charge in [0.05, 0.1) is 29.9 Å². The first-order valence-electron chi connectivity index (χ1n) is 10.3. The number of halogens is 1. The monoisotopic (exact) mass is 454 g/mol. The number of likely N-dealkylation sites (tertiary alicyclic amines) is 1. The van der Waals surface area contributed by atoms with Gasteiger partial charge in [-0.2, -0.15) is 4.98 Å². The van der Waals surface area contributed by atoms with Crippen molar-refractivity contribution < 1.29 is 18.8 Å². The Morgan fingerprint density at radius 1 is 1.16 bits per heavy atom. The molecule has 1 aromatic heterocycles. The number of para-hydroxylation sites is 1. The van der Waals surface area contributed by atoms with Gasteiger partial charge in [0, 0.05) is 11.5 Å². The number of amides is 1. The van der Waals surface area contributed by atoms with Crippen LogP contribution >= 0.6 is 11.6 Å². The van der Waals surface area contributed by atoms with Crippen molar-refractivity contribution in [3.8, 4) is 11.4 Å². The predicted octanol–water partition coefficient (Wildman–Crippen LogP) is 4.03. The van der Waals surface area contributed by atoms with Crippen molar-refractivity contribution in [2.24, 2.45) is 5.92 Å². The topological polar surface area (TPSA) is 97.6 Å². The summed E-state index contributed by atoms with van der Waals surface area (Å²) >= 11 is 6.20. The van der Waals surface area contributed by atoms with Crippen molar-refractivity contribution in [2.45, 2.75) is 19.4 Å². The second-order valence-electron chi connectivity index (χ2n) is 7.57. The molecule has 1 aliphatic heterocycles. The fraction of sp³-hybridized carbons (Fsp3) is 0.304. The highest BCUT2D eigenvalue weighted by Gasteiger charge is 2.27. The lowest BCUT2D eigenvalue weighted by Crippen LogP contribution is -2.38. The molecule has 0 aliphatic carbocycles. The van der Waals surface area contributed by atoms with Gasteiger partial charge in [0.1, 0.15) is 0 Å². The minimum atomic E-state index is -0.480. The average molecular weight is 455 g/mol. The van der Waals surface area contributed by atoms with Crippen LogP contribution in [0.4, 0.5) is 5.69 Å². The summed E-state index contributed by atoms with van der Waals surface area (Å²) < 4.78 is 10.2. The molecule has 0 atom stereocenters. The number of nitrogens with one attached hydrogen (secondary N) is 1. The van der Waals surface area contributed by atoms with Gasteiger partial charge in [-0.1, -0.05) is 41.0 Å². The van der Waals surface area contributed by atoms with Crippen molar-refractivity contribution in [2.75, 3.05) is 25.5 Å². The number of piperidine rings is 1. The molecule has 1 saturated heterocycles. The second-order valence-corrected chi connectivity index (χ2v) is 7.98. The highest BCUT2D eigenvalue weighted by Crippen LogP contribution is 2.26. The molecule has 0 radical (unpaired) electrons. The van der Waals surface area contributed by atoms with E-state index in [4.69, 9.17) is 20.9 Å². The van der Waals surface area contributed by atoms with Crippen LogP contribution in [0.15, 0.2) is 53.1 Å². The summed E-state index contributed by atoms with van der Waals surface area (Å²) in [7, 11) is 1.32. The number of esters is 1. The van der Waals surface area contributed by atoms with Gasteiger partial charge in [-0.3, -0.25) is 9.69 Å². The molecule has 9 heteroatoms. The first kappa shape index (κ1) is 22.0. The van der Waals surface area contributed by atoms with Gasteiger partial charge in [-0.05, 0) is 50.2 Å². The molecule has 1 amide bonds. The van der Waals surface area contributed by atoms with E-state index < -0.39 is 5.97 Å². The van der Waals surface area contributed by atoms with Gasteiger partial charge in [0.15, 0.2) is 0 Å². The molecule has 3 aromatic rings. The third-order valence-corrected chi connectivity index (χ3v) is 5.82. The molecule has 1 N–H and O–H groups in total. The number of hydrogen-bond acceptors (Lipinski definition) is 7. The number of rotatable bonds is 6. The molecular weight excluding hydrogens is 432 g/mol. The summed E-state index contributed by atoms with van der Waals surface area (Å²) in [5.41, 5.74) is 1.53. The molecule has 0 spiro atoms. The van der Waals surface area contributed by atoms with Crippen LogP contribution in [0, 0.1) is 5.92 Å². The minimum absolute atomic E-state index is 0.0974. The third-order valence-electron chi connectivity index (χ3n) is 5.49. The smallest absolute Gasteiger partial charge is 0.339 e. The van der Waals surface area contributed by atoms with Crippen LogP contribution < -0.4 is 5.32 Å². The van der Waals surface area contributed by atoms with Gasteiger partial charge < -0.3 is 14.6 Å². The van der Waals surface area contributed by atoms with Gasteiger partial charge in [0.25, 0.3) is 0 Å². The van der Waals surface area contributed by atoms with Crippen molar-refractivity contribution in [3.05, 3.63) is 65.0 Å². The van der Waals surface area contributed by atoms with Crippen LogP contribution in [0.5, 0.6) is 0 Å². The van der Waals surface area contributed by atoms with E-state index in [0.29, 0.717) is 47.4 Å². The van der Waals surface area contributed by atoms with Gasteiger partial charge >= 0.3 is 5.97 Å². The van der Waals surface area contributed by atoms with Crippen LogP contribution in [-0.2, 0) is 16.1 Å². The van der Waals surface area contributed by atoms with E-state index in [9.17, 15) is 9.59 Å². The maximum Gasteiger partial charge on any atom is 0.339 e. The zero-order chi connectivity index (χ0) is 22.5. The van der Waals surface area contributed by atoms with E-state index in [-0.39, 0.29) is 11.8 Å². The Labute approximate surface area is 190 Å². The van der Waals surface area contributed by atoms with E-state index in [2.05, 4.69) is 20.4 Å². The van der Waals surface area contributed by atoms with Crippen LogP contribution in [0.1, 0.15) is 29.1 Å². The van der Waals surface area contributed by atoms with Crippen LogP contribution in [0.25, 0.3) is 11.4 Å². The summed E-state index contributed by atoms with van der Waals surface area (Å²) in [6.45, 7) is 1.96. The third kappa shape index (κ3) is 4.98. The maximum absolute atomic E-state index is 12.8. The van der Waals surface area contributed by atoms with Crippen LogP contribution in [0.2, 0.25) is 5.02 Å². The fourth-order valence-corrected chi connectivity index (χ4v) is 3.95. The van der Waals surface area contributed by atoms with Crippen molar-refractivity contribution in [3.63, 3.8) is 0 Å². The fourth-order valence-electron chi connectivity index (χ4n) is 3.73. The maximum atomic E-state index is 12.8. The Morgan fingerprint density at radius 2 is 1.88 bits per heavy atom. The van der Waals surface area contributed by atoms with Crippen molar-refractivity contribution in [1.29, 1.82) is 0 Å². The van der Waals surface area contributed by atoms with Crippen molar-refractivity contribution >= 4 is 29.2 Å². The number of carbonyl (C=O) groups is 2. The lowest BCUT2D eigenvalue weighted by molar-refractivity contribution is -0.121. The zero-order valence-electron chi connectivity index (χ0n) is 17.6. The van der Waals surface area contributed by atoms with E-state index in [0.717, 1.165) is 18.7 Å². The number of nitrogens with zero attached hydrogens (tertiary/aromatic N) is 3. The molecule has 4 rings (SSSR count). The van der Waals surface area contributed by atoms with E-state index in [1.54, 1.807) is 30.3 Å². The largest absolute Gasteiger partial charge is 0.465 e. The molecule has 166 valence electrons. The first-order chi connectivity index (χ1) is 15.5. The number of carbonyl (C=O) groups excluding carboxylic acids is 2. The van der Waals surface area contributed by atoms with E-state index >= 15 is 0 Å². The highest BCUT2D eigenvalue weighted by molar-refractivity contribution is 6.33. The molecule has 1 fully saturated rings. The van der Waals surface area contributed by atoms with Gasteiger partial charge in [-0.25, -0.2) is 4.79 Å². The SMILES string of the molecule is COC(=O)c1ccccc1NC(=O)C1CCN(Cc2nc(-c3ccccc3Cl)no2)CC1. The molecule has 32 heavy (non-hydrogen) atoms. The average Bonchev–Trinajstić information content (AvgIpc) is 3.28. The van der Waals surface area contributed by atoms with Gasteiger partial charge in [0.2, 0.25) is 17.6 Å². The number of ether oxygens (including phenoxy) is 1. The predicted molar refractivity (Wildman–Crippen MR) is 119 cm³/mol. The zero-order valence-corrected chi connectivity index (χ0v) is 18.3. The molecule has 2 heterocycles. The number of aromatic nitrogens is 2. The van der Waals surface area contributed by atoms with Gasteiger partial charge in [-0.15, -0.1) is 0 Å². The molecule has 0 bridgehead atoms. The Bertz CT molecular complexity index is 1110. The van der Waals surface area contributed by atoms with Crippen LogP contribution in [-0.4, -0.2) is 47.1 Å². The Kier molecular flexibility index (Phi) is 6.82. The molecule has 0 saturated carbocycles. The Balaban J connectivity index is 1.32. The summed E-state index contributed by atoms with van der Waals surface area (Å²) in [5, 5.41) is 7.48. The second kappa shape index (κ2) is 9.93. The highest BCUT2D eigenvalue weighted by atomic mass is 35.5. The quantitative estimate of drug-likeness (QED) is 0.561. The Morgan fingerprint density at radius 3 is 2.62 bits per heavy atom. The molecule has 2 aromatic carbocycles. The number of methoxy groups -OCH3 is 1. The molecular formula is C23H23ClN4O4. The molecule has 1 aliphatic rings. The van der Waals surface area contributed by atoms with E-state index in [1.165, 1.54) is 7.11 Å². The normalized spacial score (nSPS) is 14.8. The molecule has 8 nitrogen and oxygen atoms in total. The molecule has 0 unspecified atom stereocenters. The van der Waals surface area contributed by atoms with E-state index in [1.807, 2.05) is 18.2 Å². The summed E-state index contributed by atoms with van der Waals surface area (Å²) in [6.07, 6.45) is 1.38. The first-order valence-corrected chi connectivity index (χ1v) is 10.7. The number of anilines is 1. The standard InChI is InChI=1S/C23H23ClN4O4/c1-31-23(30)17-7-3-5-9-19(17)25-22(29)15-10-12-28(13-11-15)14-20-26-21(27-32-20)16-6-2-4-8-18(16)24/h2-9,15H,10-14H2,1H3,(H,25,29). The number of benzene rings is 2. The lowest BCUT2D eigenvalue weighted by atomic mass is 9.95. The summed E-state index contributed by atoms with van der Waals surface area (Å²) in [5.74, 6) is 0.253. The minimum Gasteiger partial charge on any atom is -0.465 e. The lowest BCUT2D eigenvalue weighted by Gasteiger charge is -2.30.